The largest absolute Gasteiger partial charge is 0.497 e. The van der Waals surface area contributed by atoms with Crippen molar-refractivity contribution in [3.8, 4) is 5.75 Å². The number of thiophene rings is 1. The van der Waals surface area contributed by atoms with Crippen molar-refractivity contribution >= 4 is 52.9 Å². The molecule has 7 nitrogen and oxygen atoms in total. The molecule has 32 heavy (non-hydrogen) atoms. The predicted octanol–water partition coefficient (Wildman–Crippen LogP) is 3.05. The summed E-state index contributed by atoms with van der Waals surface area (Å²) in [6, 6.07) is 10.3. The third kappa shape index (κ3) is 5.86. The van der Waals surface area contributed by atoms with E-state index in [2.05, 4.69) is 43.7 Å². The highest BCUT2D eigenvalue weighted by Crippen LogP contribution is 2.24. The highest BCUT2D eigenvalue weighted by Gasteiger charge is 2.23. The van der Waals surface area contributed by atoms with E-state index in [0.29, 0.717) is 13.0 Å². The first-order valence-electron chi connectivity index (χ1n) is 10.9. The Labute approximate surface area is 211 Å². The number of nitrogens with zero attached hydrogens (tertiary/aromatic N) is 4. The van der Waals surface area contributed by atoms with Crippen LogP contribution in [0.4, 0.5) is 5.69 Å². The number of rotatable bonds is 5. The number of anilines is 1. The number of hydrogen-bond acceptors (Lipinski definition) is 5. The van der Waals surface area contributed by atoms with Gasteiger partial charge in [-0.1, -0.05) is 6.07 Å². The lowest BCUT2D eigenvalue weighted by Gasteiger charge is -2.37. The first kappa shape index (κ1) is 24.6. The van der Waals surface area contributed by atoms with Gasteiger partial charge >= 0.3 is 0 Å². The van der Waals surface area contributed by atoms with Crippen molar-refractivity contribution in [3.63, 3.8) is 0 Å². The fourth-order valence-electron chi connectivity index (χ4n) is 4.22. The van der Waals surface area contributed by atoms with E-state index in [4.69, 9.17) is 4.74 Å². The zero-order chi connectivity index (χ0) is 21.6. The second-order valence-corrected chi connectivity index (χ2v) is 8.83. The van der Waals surface area contributed by atoms with Gasteiger partial charge in [-0.15, -0.1) is 35.3 Å². The normalized spacial score (nSPS) is 16.3. The van der Waals surface area contributed by atoms with E-state index in [9.17, 15) is 4.79 Å². The molecule has 3 heterocycles. The molecule has 2 aliphatic heterocycles. The van der Waals surface area contributed by atoms with E-state index in [-0.39, 0.29) is 29.9 Å². The highest BCUT2D eigenvalue weighted by molar-refractivity contribution is 14.0. The van der Waals surface area contributed by atoms with Crippen LogP contribution < -0.4 is 15.0 Å². The van der Waals surface area contributed by atoms with Gasteiger partial charge < -0.3 is 24.8 Å². The number of fused-ring (bicyclic) bond motifs is 1. The van der Waals surface area contributed by atoms with Gasteiger partial charge in [0.05, 0.1) is 7.11 Å². The molecule has 0 bridgehead atoms. The van der Waals surface area contributed by atoms with Crippen LogP contribution in [0.2, 0.25) is 0 Å². The summed E-state index contributed by atoms with van der Waals surface area (Å²) in [5.41, 5.74) is 2.49. The number of carbonyl (C=O) groups excluding carboxylic acids is 1. The lowest BCUT2D eigenvalue weighted by molar-refractivity contribution is -0.131. The van der Waals surface area contributed by atoms with Gasteiger partial charge in [0.1, 0.15) is 5.75 Å². The molecule has 0 saturated carbocycles. The summed E-state index contributed by atoms with van der Waals surface area (Å²) in [4.78, 5) is 25.1. The van der Waals surface area contributed by atoms with Gasteiger partial charge in [0.2, 0.25) is 5.91 Å². The first-order chi connectivity index (χ1) is 15.2. The zero-order valence-electron chi connectivity index (χ0n) is 18.7. The molecule has 1 saturated heterocycles. The lowest BCUT2D eigenvalue weighted by atomic mass is 10.1. The molecule has 0 unspecified atom stereocenters. The number of guanidine groups is 1. The molecular formula is C23H32IN5O2S. The smallest absolute Gasteiger partial charge is 0.224 e. The molecular weight excluding hydrogens is 537 g/mol. The third-order valence-corrected chi connectivity index (χ3v) is 7.01. The van der Waals surface area contributed by atoms with Gasteiger partial charge in [-0.2, -0.15) is 0 Å². The summed E-state index contributed by atoms with van der Waals surface area (Å²) >= 11 is 1.80. The molecule has 1 amide bonds. The Balaban J connectivity index is 0.00000289. The Hall–Kier alpha value is -2.01. The lowest BCUT2D eigenvalue weighted by Crippen LogP contribution is -2.53. The van der Waals surface area contributed by atoms with Crippen LogP contribution >= 0.6 is 35.3 Å². The van der Waals surface area contributed by atoms with Crippen molar-refractivity contribution < 1.29 is 9.53 Å². The molecule has 1 fully saturated rings. The molecule has 1 aromatic heterocycles. The number of nitrogens with one attached hydrogen (secondary N) is 1. The molecule has 2 aromatic rings. The van der Waals surface area contributed by atoms with E-state index in [1.54, 1.807) is 25.5 Å². The van der Waals surface area contributed by atoms with Crippen LogP contribution in [0, 0.1) is 0 Å². The van der Waals surface area contributed by atoms with E-state index < -0.39 is 0 Å². The number of carbonyl (C=O) groups is 1. The van der Waals surface area contributed by atoms with E-state index in [0.717, 1.165) is 57.4 Å². The van der Waals surface area contributed by atoms with Crippen molar-refractivity contribution in [1.29, 1.82) is 0 Å². The maximum Gasteiger partial charge on any atom is 0.224 e. The Morgan fingerprint density at radius 3 is 2.72 bits per heavy atom. The Morgan fingerprint density at radius 2 is 1.97 bits per heavy atom. The molecule has 9 heteroatoms. The minimum Gasteiger partial charge on any atom is -0.497 e. The van der Waals surface area contributed by atoms with E-state index in [1.165, 1.54) is 16.1 Å². The van der Waals surface area contributed by atoms with Gasteiger partial charge in [-0.3, -0.25) is 9.79 Å². The quantitative estimate of drug-likeness (QED) is 0.341. The van der Waals surface area contributed by atoms with Gasteiger partial charge in [-0.25, -0.2) is 0 Å². The number of hydrogen-bond donors (Lipinski definition) is 1. The minimum atomic E-state index is 0. The number of methoxy groups -OCH3 is 1. The molecule has 0 atom stereocenters. The average molecular weight is 570 g/mol. The van der Waals surface area contributed by atoms with Crippen LogP contribution in [0.25, 0.3) is 0 Å². The molecule has 1 N–H and O–H groups in total. The summed E-state index contributed by atoms with van der Waals surface area (Å²) < 4.78 is 5.35. The first-order valence-corrected chi connectivity index (χ1v) is 11.7. The van der Waals surface area contributed by atoms with Gasteiger partial charge in [0.25, 0.3) is 0 Å². The van der Waals surface area contributed by atoms with Crippen LogP contribution in [0.15, 0.2) is 40.7 Å². The van der Waals surface area contributed by atoms with Crippen molar-refractivity contribution in [2.45, 2.75) is 19.4 Å². The Kier molecular flexibility index (Phi) is 9.03. The average Bonchev–Trinajstić information content (AvgIpc) is 3.30. The molecule has 0 spiro atoms. The predicted molar refractivity (Wildman–Crippen MR) is 142 cm³/mol. The fourth-order valence-corrected chi connectivity index (χ4v) is 5.11. The zero-order valence-corrected chi connectivity index (χ0v) is 21.9. The molecule has 0 aliphatic carbocycles. The molecule has 174 valence electrons. The maximum absolute atomic E-state index is 12.6. The molecule has 2 aliphatic rings. The molecule has 1 aromatic carbocycles. The third-order valence-electron chi connectivity index (χ3n) is 5.99. The van der Waals surface area contributed by atoms with Crippen molar-refractivity contribution in [1.82, 2.24) is 15.1 Å². The number of aliphatic imine (C=N–C) groups is 1. The number of ether oxygens (including phenoxy) is 1. The number of amides is 1. The Bertz CT molecular complexity index is 927. The maximum atomic E-state index is 12.6. The van der Waals surface area contributed by atoms with Crippen molar-refractivity contribution in [3.05, 3.63) is 46.2 Å². The summed E-state index contributed by atoms with van der Waals surface area (Å²) in [7, 11) is 3.50. The summed E-state index contributed by atoms with van der Waals surface area (Å²) in [6.45, 7) is 5.80. The van der Waals surface area contributed by atoms with Crippen molar-refractivity contribution in [2.75, 3.05) is 58.3 Å². The molecule has 4 rings (SSSR count). The van der Waals surface area contributed by atoms with Crippen LogP contribution in [0.1, 0.15) is 16.9 Å². The second kappa shape index (κ2) is 11.7. The number of halogens is 1. The van der Waals surface area contributed by atoms with E-state index >= 15 is 0 Å². The van der Waals surface area contributed by atoms with Crippen molar-refractivity contribution in [2.24, 2.45) is 4.99 Å². The SMILES string of the molecule is CN=C(NCCC(=O)N1CCc2sccc2C1)N1CCN(c2cccc(OC)c2)CC1.I. The van der Waals surface area contributed by atoms with E-state index in [1.807, 2.05) is 17.0 Å². The van der Waals surface area contributed by atoms with Gasteiger partial charge in [0.15, 0.2) is 5.96 Å². The minimum absolute atomic E-state index is 0. The van der Waals surface area contributed by atoms with Crippen LogP contribution in [-0.4, -0.2) is 75.1 Å². The van der Waals surface area contributed by atoms with Crippen LogP contribution in [0.5, 0.6) is 5.75 Å². The monoisotopic (exact) mass is 569 g/mol. The van der Waals surface area contributed by atoms with Gasteiger partial charge in [0, 0.05) is 75.9 Å². The fraction of sp³-hybridized carbons (Fsp3) is 0.478. The Morgan fingerprint density at radius 1 is 1.16 bits per heavy atom. The van der Waals surface area contributed by atoms with Crippen LogP contribution in [0.3, 0.4) is 0 Å². The highest BCUT2D eigenvalue weighted by atomic mass is 127. The standard InChI is InChI=1S/C23H31N5O2S.HI/c1-24-23(25-9-6-22(29)28-10-7-21-18(17-28)8-15-31-21)27-13-11-26(12-14-27)19-4-3-5-20(16-19)30-2;/h3-5,8,15-16H,6-7,9-14,17H2,1-2H3,(H,24,25);1H. The van der Waals surface area contributed by atoms with Gasteiger partial charge in [-0.05, 0) is 35.6 Å². The van der Waals surface area contributed by atoms with Crippen LogP contribution in [-0.2, 0) is 17.8 Å². The molecule has 0 radical (unpaired) electrons. The summed E-state index contributed by atoms with van der Waals surface area (Å²) in [5.74, 6) is 1.96. The second-order valence-electron chi connectivity index (χ2n) is 7.83. The summed E-state index contributed by atoms with van der Waals surface area (Å²) in [6.07, 6.45) is 1.47. The summed E-state index contributed by atoms with van der Waals surface area (Å²) in [5, 5.41) is 5.51. The topological polar surface area (TPSA) is 60.4 Å². The number of benzene rings is 1. The number of piperazine rings is 1.